The highest BCUT2D eigenvalue weighted by Crippen LogP contribution is 2.30. The van der Waals surface area contributed by atoms with Crippen molar-refractivity contribution in [2.45, 2.75) is 31.3 Å². The smallest absolute Gasteiger partial charge is 0.381 e. The van der Waals surface area contributed by atoms with E-state index in [2.05, 4.69) is 9.64 Å². The highest BCUT2D eigenvalue weighted by molar-refractivity contribution is 5.74. The van der Waals surface area contributed by atoms with Gasteiger partial charge in [0.05, 0.1) is 7.11 Å². The quantitative estimate of drug-likeness (QED) is 0.456. The molecule has 0 spiro atoms. The van der Waals surface area contributed by atoms with Crippen molar-refractivity contribution in [3.63, 3.8) is 0 Å². The minimum absolute atomic E-state index is 0.122. The summed E-state index contributed by atoms with van der Waals surface area (Å²) in [5, 5.41) is 11.2. The fraction of sp³-hybridized carbons (Fsp3) is 0.533. The zero-order valence-corrected chi connectivity index (χ0v) is 12.1. The molecule has 21 heavy (non-hydrogen) atoms. The molecule has 0 amide bonds. The highest BCUT2D eigenvalue weighted by atomic mass is 16.6. The number of carbonyl (C=O) groups excluding carboxylic acids is 1. The molecule has 1 aliphatic rings. The third kappa shape index (κ3) is 3.78. The van der Waals surface area contributed by atoms with Crippen LogP contribution >= 0.6 is 0 Å². The molecule has 1 heterocycles. The summed E-state index contributed by atoms with van der Waals surface area (Å²) in [6, 6.07) is 8.21. The first-order valence-electron chi connectivity index (χ1n) is 7.14. The van der Waals surface area contributed by atoms with E-state index >= 15 is 0 Å². The molecule has 6 heteroatoms. The van der Waals surface area contributed by atoms with Gasteiger partial charge >= 0.3 is 12.0 Å². The minimum Gasteiger partial charge on any atom is -0.464 e. The zero-order valence-electron chi connectivity index (χ0n) is 12.1. The molecule has 1 aromatic carbocycles. The Morgan fingerprint density at radius 2 is 1.95 bits per heavy atom. The van der Waals surface area contributed by atoms with E-state index in [9.17, 15) is 14.9 Å². The third-order valence-corrected chi connectivity index (χ3v) is 3.94. The first kappa shape index (κ1) is 15.4. The maximum atomic E-state index is 11.7. The van der Waals surface area contributed by atoms with E-state index in [0.717, 1.165) is 31.5 Å². The van der Waals surface area contributed by atoms with Crippen LogP contribution in [0.1, 0.15) is 30.9 Å². The molecule has 0 bridgehead atoms. The molecule has 0 aliphatic carbocycles. The Labute approximate surface area is 123 Å². The van der Waals surface area contributed by atoms with Crippen molar-refractivity contribution in [3.8, 4) is 0 Å². The molecular weight excluding hydrogens is 272 g/mol. The Bertz CT molecular complexity index is 486. The first-order valence-corrected chi connectivity index (χ1v) is 7.14. The zero-order chi connectivity index (χ0) is 15.2. The summed E-state index contributed by atoms with van der Waals surface area (Å²) < 4.78 is 4.57. The molecule has 2 rings (SSSR count). The fourth-order valence-corrected chi connectivity index (χ4v) is 2.84. The Morgan fingerprint density at radius 3 is 2.48 bits per heavy atom. The van der Waals surface area contributed by atoms with Crippen LogP contribution in [0.3, 0.4) is 0 Å². The van der Waals surface area contributed by atoms with Crippen molar-refractivity contribution in [1.29, 1.82) is 0 Å². The van der Waals surface area contributed by atoms with Crippen molar-refractivity contribution in [3.05, 3.63) is 46.0 Å². The van der Waals surface area contributed by atoms with Gasteiger partial charge in [0.25, 0.3) is 0 Å². The van der Waals surface area contributed by atoms with Gasteiger partial charge in [-0.25, -0.2) is 4.79 Å². The van der Waals surface area contributed by atoms with Crippen LogP contribution in [0.5, 0.6) is 0 Å². The number of benzene rings is 1. The number of methoxy groups -OCH3 is 1. The van der Waals surface area contributed by atoms with Crippen molar-refractivity contribution >= 4 is 5.97 Å². The summed E-state index contributed by atoms with van der Waals surface area (Å²) in [7, 11) is 1.19. The summed E-state index contributed by atoms with van der Waals surface area (Å²) in [6.07, 6.45) is 2.32. The lowest BCUT2D eigenvalue weighted by molar-refractivity contribution is -0.512. The summed E-state index contributed by atoms with van der Waals surface area (Å²) in [5.74, 6) is -0.778. The third-order valence-electron chi connectivity index (χ3n) is 3.94. The van der Waals surface area contributed by atoms with Gasteiger partial charge in [0, 0.05) is 17.4 Å². The number of esters is 1. The minimum atomic E-state index is -1.32. The van der Waals surface area contributed by atoms with Crippen molar-refractivity contribution in [2.24, 2.45) is 0 Å². The fourth-order valence-electron chi connectivity index (χ4n) is 2.84. The lowest BCUT2D eigenvalue weighted by Gasteiger charge is -2.28. The molecule has 1 aromatic rings. The number of nitro groups is 1. The molecule has 0 radical (unpaired) electrons. The molecule has 1 saturated heterocycles. The van der Waals surface area contributed by atoms with Gasteiger partial charge in [0.2, 0.25) is 0 Å². The molecular formula is C15H20N2O4. The lowest BCUT2D eigenvalue weighted by Crippen LogP contribution is -2.37. The Balaban J connectivity index is 2.22. The van der Waals surface area contributed by atoms with Gasteiger partial charge in [-0.15, -0.1) is 0 Å². The number of hydrogen-bond acceptors (Lipinski definition) is 5. The largest absolute Gasteiger partial charge is 0.464 e. The first-order chi connectivity index (χ1) is 10.1. The number of nitrogens with zero attached hydrogens (tertiary/aromatic N) is 2. The second-order valence-electron chi connectivity index (χ2n) is 5.23. The van der Waals surface area contributed by atoms with E-state index in [1.54, 1.807) is 0 Å². The number of ether oxygens (including phenoxy) is 1. The number of carbonyl (C=O) groups is 1. The Morgan fingerprint density at radius 1 is 1.33 bits per heavy atom. The van der Waals surface area contributed by atoms with Crippen molar-refractivity contribution < 1.29 is 14.5 Å². The van der Waals surface area contributed by atoms with E-state index in [1.165, 1.54) is 7.11 Å². The predicted octanol–water partition coefficient (Wildman–Crippen LogP) is 2.03. The number of rotatable bonds is 6. The molecule has 2 atom stereocenters. The van der Waals surface area contributed by atoms with Crippen LogP contribution in [-0.4, -0.2) is 42.0 Å². The molecule has 0 saturated carbocycles. The predicted molar refractivity (Wildman–Crippen MR) is 77.4 cm³/mol. The summed E-state index contributed by atoms with van der Waals surface area (Å²) in [5.41, 5.74) is 1.01. The van der Waals surface area contributed by atoms with Gasteiger partial charge < -0.3 is 4.74 Å². The average Bonchev–Trinajstić information content (AvgIpc) is 3.02. The summed E-state index contributed by atoms with van der Waals surface area (Å²) >= 11 is 0. The Kier molecular flexibility index (Phi) is 5.27. The van der Waals surface area contributed by atoms with Gasteiger partial charge in [-0.05, 0) is 31.5 Å². The normalized spacial score (nSPS) is 18.1. The van der Waals surface area contributed by atoms with E-state index in [4.69, 9.17) is 0 Å². The molecule has 1 aliphatic heterocycles. The summed E-state index contributed by atoms with van der Waals surface area (Å²) in [6.45, 7) is 1.82. The molecule has 114 valence electrons. The van der Waals surface area contributed by atoms with Crippen LogP contribution in [0.15, 0.2) is 30.3 Å². The van der Waals surface area contributed by atoms with Crippen LogP contribution in [0, 0.1) is 10.1 Å². The highest BCUT2D eigenvalue weighted by Gasteiger charge is 2.37. The average molecular weight is 292 g/mol. The SMILES string of the molecule is COC(=O)C(CC(c1ccccc1)N1CCCC1)[N+](=O)[O-]. The Hall–Kier alpha value is -1.95. The topological polar surface area (TPSA) is 72.7 Å². The molecule has 2 unspecified atom stereocenters. The van der Waals surface area contributed by atoms with Gasteiger partial charge in [0.15, 0.2) is 0 Å². The van der Waals surface area contributed by atoms with E-state index in [0.29, 0.717) is 0 Å². The molecule has 1 fully saturated rings. The van der Waals surface area contributed by atoms with Crippen LogP contribution in [0.2, 0.25) is 0 Å². The van der Waals surface area contributed by atoms with Gasteiger partial charge in [-0.1, -0.05) is 30.3 Å². The van der Waals surface area contributed by atoms with Crippen LogP contribution in [0.25, 0.3) is 0 Å². The standard InChI is InChI=1S/C15H20N2O4/c1-21-15(18)14(17(19)20)11-13(16-9-5-6-10-16)12-7-3-2-4-8-12/h2-4,7-8,13-14H,5-6,9-11H2,1H3. The second-order valence-corrected chi connectivity index (χ2v) is 5.23. The molecule has 0 N–H and O–H groups in total. The number of hydrogen-bond donors (Lipinski definition) is 0. The van der Waals surface area contributed by atoms with E-state index < -0.39 is 16.9 Å². The van der Waals surface area contributed by atoms with Crippen molar-refractivity contribution in [2.75, 3.05) is 20.2 Å². The van der Waals surface area contributed by atoms with Gasteiger partial charge in [0.1, 0.15) is 0 Å². The van der Waals surface area contributed by atoms with Crippen molar-refractivity contribution in [1.82, 2.24) is 4.90 Å². The maximum Gasteiger partial charge on any atom is 0.381 e. The van der Waals surface area contributed by atoms with Gasteiger partial charge in [-0.3, -0.25) is 15.0 Å². The van der Waals surface area contributed by atoms with Crippen LogP contribution < -0.4 is 0 Å². The van der Waals surface area contributed by atoms with Crippen LogP contribution in [-0.2, 0) is 9.53 Å². The monoisotopic (exact) mass is 292 g/mol. The lowest BCUT2D eigenvalue weighted by atomic mass is 9.98. The van der Waals surface area contributed by atoms with E-state index in [-0.39, 0.29) is 12.5 Å². The number of likely N-dealkylation sites (tertiary alicyclic amines) is 1. The van der Waals surface area contributed by atoms with E-state index in [1.807, 2.05) is 30.3 Å². The maximum absolute atomic E-state index is 11.7. The van der Waals surface area contributed by atoms with Crippen LogP contribution in [0.4, 0.5) is 0 Å². The second kappa shape index (κ2) is 7.17. The summed E-state index contributed by atoms with van der Waals surface area (Å²) in [4.78, 5) is 24.5. The van der Waals surface area contributed by atoms with Gasteiger partial charge in [-0.2, -0.15) is 0 Å². The molecule has 6 nitrogen and oxygen atoms in total. The molecule has 0 aromatic heterocycles.